The largest absolute Gasteiger partial charge is 0.497 e. The van der Waals surface area contributed by atoms with E-state index >= 15 is 0 Å². The van der Waals surface area contributed by atoms with Gasteiger partial charge in [0, 0.05) is 19.6 Å². The Balaban J connectivity index is 1.96. The van der Waals surface area contributed by atoms with Gasteiger partial charge in [-0.3, -0.25) is 4.79 Å². The zero-order valence-electron chi connectivity index (χ0n) is 16.3. The van der Waals surface area contributed by atoms with Crippen molar-refractivity contribution in [2.45, 2.75) is 37.6 Å². The molecule has 1 aromatic heterocycles. The second-order valence-electron chi connectivity index (χ2n) is 6.95. The first-order chi connectivity index (χ1) is 13.7. The average Bonchev–Trinajstić information content (AvgIpc) is 3.10. The van der Waals surface area contributed by atoms with E-state index < -0.39 is 24.2 Å². The Labute approximate surface area is 166 Å². The van der Waals surface area contributed by atoms with Gasteiger partial charge in [0.2, 0.25) is 0 Å². The Hall–Kier alpha value is -2.75. The van der Waals surface area contributed by atoms with E-state index in [-0.39, 0.29) is 30.5 Å². The summed E-state index contributed by atoms with van der Waals surface area (Å²) in [6.45, 7) is 2.02. The van der Waals surface area contributed by atoms with Crippen LogP contribution in [0.5, 0.6) is 5.75 Å². The van der Waals surface area contributed by atoms with Crippen LogP contribution in [0.1, 0.15) is 41.3 Å². The fourth-order valence-electron chi connectivity index (χ4n) is 3.40. The maximum Gasteiger partial charge on any atom is 0.410 e. The third-order valence-corrected chi connectivity index (χ3v) is 4.77. The highest BCUT2D eigenvalue weighted by molar-refractivity contribution is 5.99. The molecular formula is C19H23F3N4O3. The van der Waals surface area contributed by atoms with Crippen molar-refractivity contribution in [2.24, 2.45) is 0 Å². The van der Waals surface area contributed by atoms with E-state index in [1.54, 1.807) is 31.2 Å². The quantitative estimate of drug-likeness (QED) is 0.761. The van der Waals surface area contributed by atoms with Crippen LogP contribution in [0.15, 0.2) is 30.5 Å². The number of hydrogen-bond donors (Lipinski definition) is 2. The number of nitrogens with zero attached hydrogens (tertiary/aromatic N) is 2. The lowest BCUT2D eigenvalue weighted by Crippen LogP contribution is -2.38. The van der Waals surface area contributed by atoms with Gasteiger partial charge in [0.1, 0.15) is 17.1 Å². The Morgan fingerprint density at radius 1 is 1.41 bits per heavy atom. The van der Waals surface area contributed by atoms with Crippen LogP contribution >= 0.6 is 0 Å². The molecule has 1 amide bonds. The number of anilines is 1. The number of halogens is 3. The highest BCUT2D eigenvalue weighted by atomic mass is 19.4. The molecule has 0 unspecified atom stereocenters. The van der Waals surface area contributed by atoms with E-state index in [9.17, 15) is 18.0 Å². The number of amides is 1. The lowest BCUT2D eigenvalue weighted by Gasteiger charge is -2.34. The predicted molar refractivity (Wildman–Crippen MR) is 100 cm³/mol. The van der Waals surface area contributed by atoms with Gasteiger partial charge in [0.05, 0.1) is 26.0 Å². The van der Waals surface area contributed by atoms with Crippen molar-refractivity contribution in [3.63, 3.8) is 0 Å². The standard InChI is InChI=1S/C19H23F3N4O3/c1-11(10-28-2)24-18(27)14-9-23-26-16(19(20,21)22)8-15(25-17(14)26)12-5-4-6-13(7-12)29-3/h4-7,9,11,15-16,25H,8,10H2,1-3H3,(H,24,27)/t11-,15-,16-/m0/s1. The second-order valence-corrected chi connectivity index (χ2v) is 6.95. The molecule has 3 atom stereocenters. The smallest absolute Gasteiger partial charge is 0.410 e. The summed E-state index contributed by atoms with van der Waals surface area (Å²) < 4.78 is 52.2. The number of ether oxygens (including phenoxy) is 2. The van der Waals surface area contributed by atoms with Crippen molar-refractivity contribution in [3.05, 3.63) is 41.6 Å². The molecule has 1 aromatic carbocycles. The van der Waals surface area contributed by atoms with Gasteiger partial charge in [-0.2, -0.15) is 18.3 Å². The highest BCUT2D eigenvalue weighted by Gasteiger charge is 2.47. The Morgan fingerprint density at radius 2 is 2.17 bits per heavy atom. The van der Waals surface area contributed by atoms with Crippen molar-refractivity contribution < 1.29 is 27.4 Å². The summed E-state index contributed by atoms with van der Waals surface area (Å²) in [4.78, 5) is 12.6. The Kier molecular flexibility index (Phi) is 6.02. The van der Waals surface area contributed by atoms with E-state index in [0.29, 0.717) is 11.3 Å². The van der Waals surface area contributed by atoms with Crippen molar-refractivity contribution in [1.29, 1.82) is 0 Å². The van der Waals surface area contributed by atoms with E-state index in [1.165, 1.54) is 14.2 Å². The lowest BCUT2D eigenvalue weighted by molar-refractivity contribution is -0.173. The maximum atomic E-state index is 13.7. The molecule has 0 aliphatic carbocycles. The van der Waals surface area contributed by atoms with Gasteiger partial charge in [-0.15, -0.1) is 0 Å². The SMILES string of the molecule is COC[C@H](C)NC(=O)c1cnn2c1N[C@H](c1cccc(OC)c1)C[C@H]2C(F)(F)F. The van der Waals surface area contributed by atoms with Gasteiger partial charge in [-0.1, -0.05) is 12.1 Å². The van der Waals surface area contributed by atoms with Crippen molar-refractivity contribution in [3.8, 4) is 5.75 Å². The van der Waals surface area contributed by atoms with Gasteiger partial charge in [-0.25, -0.2) is 4.68 Å². The molecule has 3 rings (SSSR count). The number of benzene rings is 1. The number of methoxy groups -OCH3 is 2. The molecular weight excluding hydrogens is 389 g/mol. The minimum absolute atomic E-state index is 0.0357. The zero-order valence-corrected chi connectivity index (χ0v) is 16.3. The number of carbonyl (C=O) groups is 1. The summed E-state index contributed by atoms with van der Waals surface area (Å²) in [5.74, 6) is 0.0577. The first-order valence-corrected chi connectivity index (χ1v) is 9.09. The van der Waals surface area contributed by atoms with E-state index in [4.69, 9.17) is 9.47 Å². The Morgan fingerprint density at radius 3 is 2.83 bits per heavy atom. The van der Waals surface area contributed by atoms with Gasteiger partial charge in [0.15, 0.2) is 6.04 Å². The zero-order chi connectivity index (χ0) is 21.2. The summed E-state index contributed by atoms with van der Waals surface area (Å²) in [7, 11) is 2.99. The molecule has 2 aromatic rings. The molecule has 10 heteroatoms. The topological polar surface area (TPSA) is 77.4 Å². The molecule has 0 saturated carbocycles. The van der Waals surface area contributed by atoms with Crippen molar-refractivity contribution in [1.82, 2.24) is 15.1 Å². The summed E-state index contributed by atoms with van der Waals surface area (Å²) in [5, 5.41) is 9.61. The molecule has 7 nitrogen and oxygen atoms in total. The summed E-state index contributed by atoms with van der Waals surface area (Å²) >= 11 is 0. The molecule has 0 spiro atoms. The number of rotatable bonds is 6. The third kappa shape index (κ3) is 4.47. The number of carbonyl (C=O) groups excluding carboxylic acids is 1. The van der Waals surface area contributed by atoms with E-state index in [2.05, 4.69) is 15.7 Å². The minimum atomic E-state index is -4.52. The van der Waals surface area contributed by atoms with Crippen LogP contribution in [0.4, 0.5) is 19.0 Å². The molecule has 1 aliphatic rings. The van der Waals surface area contributed by atoms with Crippen molar-refractivity contribution >= 4 is 11.7 Å². The molecule has 0 saturated heterocycles. The van der Waals surface area contributed by atoms with Crippen LogP contribution in [0.3, 0.4) is 0 Å². The molecule has 0 fully saturated rings. The monoisotopic (exact) mass is 412 g/mol. The fraction of sp³-hybridized carbons (Fsp3) is 0.474. The molecule has 29 heavy (non-hydrogen) atoms. The molecule has 0 bridgehead atoms. The molecule has 2 heterocycles. The maximum absolute atomic E-state index is 13.7. The number of nitrogens with one attached hydrogen (secondary N) is 2. The lowest BCUT2D eigenvalue weighted by atomic mass is 9.96. The van der Waals surface area contributed by atoms with Crippen LogP contribution in [0.2, 0.25) is 0 Å². The van der Waals surface area contributed by atoms with Crippen LogP contribution in [-0.4, -0.2) is 48.7 Å². The van der Waals surface area contributed by atoms with Gasteiger partial charge in [-0.05, 0) is 24.6 Å². The van der Waals surface area contributed by atoms with Crippen LogP contribution in [0, 0.1) is 0 Å². The summed E-state index contributed by atoms with van der Waals surface area (Å²) in [5.41, 5.74) is 0.681. The number of hydrogen-bond acceptors (Lipinski definition) is 5. The average molecular weight is 412 g/mol. The normalized spacial score (nSPS) is 19.8. The predicted octanol–water partition coefficient (Wildman–Crippen LogP) is 3.32. The van der Waals surface area contributed by atoms with E-state index in [0.717, 1.165) is 10.9 Å². The second kappa shape index (κ2) is 8.32. The molecule has 0 radical (unpaired) electrons. The summed E-state index contributed by atoms with van der Waals surface area (Å²) in [6.07, 6.45) is -3.62. The minimum Gasteiger partial charge on any atom is -0.497 e. The van der Waals surface area contributed by atoms with Gasteiger partial charge >= 0.3 is 6.18 Å². The van der Waals surface area contributed by atoms with Crippen LogP contribution in [-0.2, 0) is 4.74 Å². The van der Waals surface area contributed by atoms with Crippen LogP contribution < -0.4 is 15.4 Å². The van der Waals surface area contributed by atoms with Gasteiger partial charge < -0.3 is 20.1 Å². The van der Waals surface area contributed by atoms with Crippen molar-refractivity contribution in [2.75, 3.05) is 26.1 Å². The highest BCUT2D eigenvalue weighted by Crippen LogP contribution is 2.44. The molecule has 158 valence electrons. The van der Waals surface area contributed by atoms with E-state index in [1.807, 2.05) is 0 Å². The first-order valence-electron chi connectivity index (χ1n) is 9.09. The fourth-order valence-corrected chi connectivity index (χ4v) is 3.40. The molecule has 2 N–H and O–H groups in total. The molecule has 1 aliphatic heterocycles. The first kappa shape index (κ1) is 21.0. The third-order valence-electron chi connectivity index (χ3n) is 4.77. The Bertz CT molecular complexity index is 869. The number of alkyl halides is 3. The van der Waals surface area contributed by atoms with Gasteiger partial charge in [0.25, 0.3) is 5.91 Å². The summed E-state index contributed by atoms with van der Waals surface area (Å²) in [6, 6.07) is 4.01. The number of fused-ring (bicyclic) bond motifs is 1. The number of aromatic nitrogens is 2. The van der Waals surface area contributed by atoms with Crippen LogP contribution in [0.25, 0.3) is 0 Å².